The van der Waals surface area contributed by atoms with Crippen LogP contribution in [0.15, 0.2) is 18.2 Å². The Balaban J connectivity index is 3.11. The number of hydrogen-bond acceptors (Lipinski definition) is 2. The van der Waals surface area contributed by atoms with Crippen molar-refractivity contribution in [2.75, 3.05) is 5.73 Å². The summed E-state index contributed by atoms with van der Waals surface area (Å²) in [5.41, 5.74) is 4.35. The molecule has 0 aliphatic carbocycles. The number of rotatable bonds is 3. The van der Waals surface area contributed by atoms with Gasteiger partial charge < -0.3 is 23.8 Å². The summed E-state index contributed by atoms with van der Waals surface area (Å²) in [7, 11) is 0. The number of nitrogens with two attached hydrogens (primary N) is 1. The largest absolute Gasteiger partial charge is 0.509 e. The fourth-order valence-electron chi connectivity index (χ4n) is 1.21. The van der Waals surface area contributed by atoms with Crippen LogP contribution in [-0.2, 0) is 11.2 Å². The van der Waals surface area contributed by atoms with E-state index in [1.54, 1.807) is 0 Å². The Kier molecular flexibility index (Phi) is 2.92. The topological polar surface area (TPSA) is 63.3 Å². The van der Waals surface area contributed by atoms with Crippen LogP contribution >= 0.6 is 0 Å². The molecule has 1 aromatic carbocycles. The van der Waals surface area contributed by atoms with Crippen molar-refractivity contribution in [1.29, 1.82) is 0 Å². The van der Waals surface area contributed by atoms with Gasteiger partial charge in [-0.05, 0) is 11.6 Å². The smallest absolute Gasteiger partial charge is 0.481 e. The third-order valence-corrected chi connectivity index (χ3v) is 1.77. The number of carboxylic acid groups (broad SMARTS) is 1. The molecule has 0 fully saturated rings. The van der Waals surface area contributed by atoms with Crippen LogP contribution in [0, 0.1) is 0 Å². The molecule has 0 aliphatic heterocycles. The normalized spacial score (nSPS) is 11.4. The maximum Gasteiger partial charge on any atom is 0.509 e. The minimum atomic E-state index is -5.15. The molecule has 3 N–H and O–H groups in total. The fraction of sp³-hybridized carbons (Fsp3) is 0.125. The Morgan fingerprint density at radius 1 is 1.33 bits per heavy atom. The number of nitrogen functional groups attached to an aromatic ring is 1. The maximum atomic E-state index is 12.3. The second kappa shape index (κ2) is 3.84. The summed E-state index contributed by atoms with van der Waals surface area (Å²) in [4.78, 5) is 10.3. The van der Waals surface area contributed by atoms with Crippen LogP contribution < -0.4 is 11.2 Å². The number of halogens is 3. The van der Waals surface area contributed by atoms with E-state index in [1.807, 2.05) is 0 Å². The summed E-state index contributed by atoms with van der Waals surface area (Å²) in [5.74, 6) is -1.19. The van der Waals surface area contributed by atoms with Gasteiger partial charge in [0.1, 0.15) is 0 Å². The summed E-state index contributed by atoms with van der Waals surface area (Å²) < 4.78 is 37.0. The van der Waals surface area contributed by atoms with Gasteiger partial charge in [-0.15, -0.1) is 5.46 Å². The number of hydrogen-bond donors (Lipinski definition) is 2. The molecule has 0 saturated carbocycles. The van der Waals surface area contributed by atoms with Gasteiger partial charge in [-0.2, -0.15) is 0 Å². The maximum absolute atomic E-state index is 12.3. The van der Waals surface area contributed by atoms with Gasteiger partial charge in [0.05, 0.1) is 6.42 Å². The third-order valence-electron chi connectivity index (χ3n) is 1.77. The highest BCUT2D eigenvalue weighted by Gasteiger charge is 2.26. The second-order valence-corrected chi connectivity index (χ2v) is 3.15. The zero-order valence-electron chi connectivity index (χ0n) is 7.58. The van der Waals surface area contributed by atoms with Crippen molar-refractivity contribution in [3.63, 3.8) is 0 Å². The van der Waals surface area contributed by atoms with Crippen LogP contribution in [0.3, 0.4) is 0 Å². The van der Waals surface area contributed by atoms with Gasteiger partial charge in [-0.3, -0.25) is 4.79 Å². The minimum absolute atomic E-state index is 0.0525. The first-order valence-electron chi connectivity index (χ1n) is 4.10. The lowest BCUT2D eigenvalue weighted by molar-refractivity contribution is -0.136. The molecule has 1 rings (SSSR count). The molecule has 82 valence electrons. The Labute approximate surface area is 83.8 Å². The molecule has 0 spiro atoms. The number of carbonyl (C=O) groups is 1. The Morgan fingerprint density at radius 3 is 2.40 bits per heavy atom. The van der Waals surface area contributed by atoms with Crippen molar-refractivity contribution in [2.45, 2.75) is 6.42 Å². The number of aliphatic carboxylic acids is 1. The van der Waals surface area contributed by atoms with Gasteiger partial charge in [0.25, 0.3) is 0 Å². The van der Waals surface area contributed by atoms with Crippen molar-refractivity contribution in [3.05, 3.63) is 23.8 Å². The van der Waals surface area contributed by atoms with Gasteiger partial charge in [0.2, 0.25) is 0 Å². The van der Waals surface area contributed by atoms with E-state index in [1.165, 1.54) is 6.07 Å². The SMILES string of the molecule is Nc1cc(CC(=O)O)cc([B-](F)(F)F)c1. The van der Waals surface area contributed by atoms with E-state index in [0.717, 1.165) is 12.1 Å². The molecular formula is C8H8BF3NO2-. The molecule has 0 radical (unpaired) electrons. The zero-order valence-corrected chi connectivity index (χ0v) is 7.58. The summed E-state index contributed by atoms with van der Waals surface area (Å²) in [6.07, 6.45) is -0.468. The molecule has 0 atom stereocenters. The van der Waals surface area contributed by atoms with E-state index in [0.29, 0.717) is 0 Å². The first-order chi connectivity index (χ1) is 6.79. The van der Waals surface area contributed by atoms with Crippen LogP contribution in [0.2, 0.25) is 0 Å². The van der Waals surface area contributed by atoms with Crippen LogP contribution in [0.5, 0.6) is 0 Å². The highest BCUT2D eigenvalue weighted by molar-refractivity contribution is 6.73. The van der Waals surface area contributed by atoms with Crippen LogP contribution in [0.4, 0.5) is 18.6 Å². The lowest BCUT2D eigenvalue weighted by Gasteiger charge is -2.16. The van der Waals surface area contributed by atoms with Crippen LogP contribution in [-0.4, -0.2) is 18.1 Å². The van der Waals surface area contributed by atoms with E-state index >= 15 is 0 Å². The Hall–Kier alpha value is -1.66. The van der Waals surface area contributed by atoms with E-state index in [-0.39, 0.29) is 11.3 Å². The highest BCUT2D eigenvalue weighted by Crippen LogP contribution is 2.14. The lowest BCUT2D eigenvalue weighted by Crippen LogP contribution is -2.34. The molecule has 0 unspecified atom stereocenters. The van der Waals surface area contributed by atoms with Gasteiger partial charge in [-0.1, -0.05) is 12.1 Å². The predicted octanol–water partition coefficient (Wildman–Crippen LogP) is 0.950. The van der Waals surface area contributed by atoms with Gasteiger partial charge in [0.15, 0.2) is 0 Å². The fourth-order valence-corrected chi connectivity index (χ4v) is 1.21. The van der Waals surface area contributed by atoms with Crippen molar-refractivity contribution in [3.8, 4) is 0 Å². The zero-order chi connectivity index (χ0) is 11.6. The standard InChI is InChI=1S/C8H8BF3NO2/c10-9(11,12)6-1-5(3-8(14)15)2-7(13)4-6/h1-2,4H,3,13H2,(H,14,15)/q-1. The van der Waals surface area contributed by atoms with Gasteiger partial charge in [0, 0.05) is 5.69 Å². The molecule has 0 heterocycles. The number of benzene rings is 1. The molecule has 0 amide bonds. The van der Waals surface area contributed by atoms with Crippen molar-refractivity contribution in [1.82, 2.24) is 0 Å². The summed E-state index contributed by atoms with van der Waals surface area (Å²) in [6.45, 7) is -5.15. The molecule has 3 nitrogen and oxygen atoms in total. The first-order valence-corrected chi connectivity index (χ1v) is 4.10. The molecule has 0 saturated heterocycles. The van der Waals surface area contributed by atoms with Crippen molar-refractivity contribution >= 4 is 24.1 Å². The quantitative estimate of drug-likeness (QED) is 0.586. The molecule has 7 heteroatoms. The van der Waals surface area contributed by atoms with Crippen LogP contribution in [0.25, 0.3) is 0 Å². The average molecular weight is 218 g/mol. The molecule has 15 heavy (non-hydrogen) atoms. The number of carboxylic acids is 1. The van der Waals surface area contributed by atoms with E-state index in [4.69, 9.17) is 10.8 Å². The van der Waals surface area contributed by atoms with Gasteiger partial charge in [-0.25, -0.2) is 0 Å². The molecular weight excluding hydrogens is 210 g/mol. The van der Waals surface area contributed by atoms with E-state index in [9.17, 15) is 17.7 Å². The summed E-state index contributed by atoms with van der Waals surface area (Å²) in [5, 5.41) is 8.43. The highest BCUT2D eigenvalue weighted by atomic mass is 19.4. The Morgan fingerprint density at radius 2 is 1.93 bits per heavy atom. The second-order valence-electron chi connectivity index (χ2n) is 3.15. The summed E-state index contributed by atoms with van der Waals surface area (Å²) in [6, 6.07) is 2.83. The van der Waals surface area contributed by atoms with E-state index in [2.05, 4.69) is 0 Å². The van der Waals surface area contributed by atoms with Gasteiger partial charge >= 0.3 is 12.9 Å². The van der Waals surface area contributed by atoms with Crippen molar-refractivity contribution in [2.24, 2.45) is 0 Å². The molecule has 0 aromatic heterocycles. The van der Waals surface area contributed by atoms with E-state index < -0.39 is 24.8 Å². The molecule has 0 bridgehead atoms. The summed E-state index contributed by atoms with van der Waals surface area (Å²) >= 11 is 0. The number of anilines is 1. The van der Waals surface area contributed by atoms with Crippen molar-refractivity contribution < 1.29 is 22.8 Å². The molecule has 0 aliphatic rings. The van der Waals surface area contributed by atoms with Crippen LogP contribution in [0.1, 0.15) is 5.56 Å². The predicted molar refractivity (Wildman–Crippen MR) is 50.9 cm³/mol. The minimum Gasteiger partial charge on any atom is -0.481 e. The average Bonchev–Trinajstić information content (AvgIpc) is 1.99. The first kappa shape index (κ1) is 11.4. The Bertz CT molecular complexity index is 392. The monoisotopic (exact) mass is 218 g/mol. The third kappa shape index (κ3) is 3.19. The lowest BCUT2D eigenvalue weighted by atomic mass is 9.79. The molecule has 1 aromatic rings.